The molecule has 3 rings (SSSR count). The number of carbonyl (C=O) groups is 2. The van der Waals surface area contributed by atoms with Gasteiger partial charge in [0.1, 0.15) is 0 Å². The summed E-state index contributed by atoms with van der Waals surface area (Å²) in [7, 11) is 0. The van der Waals surface area contributed by atoms with E-state index in [-0.39, 0.29) is 5.91 Å². The maximum atomic E-state index is 12.2. The Labute approximate surface area is 155 Å². The summed E-state index contributed by atoms with van der Waals surface area (Å²) in [5, 5.41) is 13.9. The number of benzene rings is 2. The summed E-state index contributed by atoms with van der Waals surface area (Å²) >= 11 is 1.53. The topological polar surface area (TPSA) is 78.4 Å². The molecule has 1 unspecified atom stereocenters. The average molecular weight is 366 g/mol. The molecule has 6 heteroatoms. The highest BCUT2D eigenvalue weighted by Crippen LogP contribution is 2.27. The maximum Gasteiger partial charge on any atom is 0.255 e. The molecule has 0 aliphatic heterocycles. The number of nitrogens with one attached hydrogen (secondary N) is 2. The van der Waals surface area contributed by atoms with Crippen LogP contribution in [0.4, 0.5) is 5.69 Å². The molecule has 3 aromatic rings. The summed E-state index contributed by atoms with van der Waals surface area (Å²) in [5.41, 5.74) is 3.76. The van der Waals surface area contributed by atoms with E-state index >= 15 is 0 Å². The monoisotopic (exact) mass is 366 g/mol. The second-order valence-corrected chi connectivity index (χ2v) is 6.78. The zero-order chi connectivity index (χ0) is 18.4. The standard InChI is InChI=1S/C20H18N2O3S/c23-18(13-17-10-5-11-26-17)21-16-9-4-8-15(12-16)19(20(24)22-25)14-6-2-1-3-7-14/h1-12,19,25H,13H2,(H,21,23)(H,22,24). The third kappa shape index (κ3) is 4.36. The number of rotatable bonds is 6. The predicted octanol–water partition coefficient (Wildman–Crippen LogP) is 3.57. The minimum atomic E-state index is -0.671. The number of thiophene rings is 1. The van der Waals surface area contributed by atoms with Crippen LogP contribution in [0.5, 0.6) is 0 Å². The van der Waals surface area contributed by atoms with E-state index in [4.69, 9.17) is 5.21 Å². The van der Waals surface area contributed by atoms with Crippen molar-refractivity contribution in [1.82, 2.24) is 5.48 Å². The number of hydroxylamine groups is 1. The molecule has 2 aromatic carbocycles. The first-order chi connectivity index (χ1) is 12.7. The van der Waals surface area contributed by atoms with Gasteiger partial charge < -0.3 is 5.32 Å². The maximum absolute atomic E-state index is 12.2. The highest BCUT2D eigenvalue weighted by molar-refractivity contribution is 7.10. The first kappa shape index (κ1) is 17.8. The normalized spacial score (nSPS) is 11.6. The van der Waals surface area contributed by atoms with E-state index < -0.39 is 11.8 Å². The molecule has 5 nitrogen and oxygen atoms in total. The van der Waals surface area contributed by atoms with Crippen molar-refractivity contribution < 1.29 is 14.8 Å². The fraction of sp³-hybridized carbons (Fsp3) is 0.100. The van der Waals surface area contributed by atoms with Crippen molar-refractivity contribution in [3.63, 3.8) is 0 Å². The van der Waals surface area contributed by atoms with E-state index in [1.165, 1.54) is 11.3 Å². The molecule has 1 heterocycles. The first-order valence-corrected chi connectivity index (χ1v) is 8.96. The molecule has 0 radical (unpaired) electrons. The molecular weight excluding hydrogens is 348 g/mol. The van der Waals surface area contributed by atoms with Gasteiger partial charge in [-0.1, -0.05) is 48.5 Å². The SMILES string of the molecule is O=C(Cc1cccs1)Nc1cccc(C(C(=O)NO)c2ccccc2)c1. The fourth-order valence-electron chi connectivity index (χ4n) is 2.78. The molecule has 0 aliphatic carbocycles. The van der Waals surface area contributed by atoms with Crippen LogP contribution >= 0.6 is 11.3 Å². The Morgan fingerprint density at radius 2 is 1.73 bits per heavy atom. The second-order valence-electron chi connectivity index (χ2n) is 5.75. The fourth-order valence-corrected chi connectivity index (χ4v) is 3.48. The lowest BCUT2D eigenvalue weighted by atomic mass is 9.90. The van der Waals surface area contributed by atoms with Gasteiger partial charge >= 0.3 is 0 Å². The highest BCUT2D eigenvalue weighted by Gasteiger charge is 2.22. The molecular formula is C20H18N2O3S. The molecule has 3 N–H and O–H groups in total. The van der Waals surface area contributed by atoms with E-state index in [0.717, 1.165) is 10.4 Å². The third-order valence-electron chi connectivity index (χ3n) is 3.92. The van der Waals surface area contributed by atoms with Crippen LogP contribution in [0.3, 0.4) is 0 Å². The number of amides is 2. The Morgan fingerprint density at radius 3 is 2.42 bits per heavy atom. The van der Waals surface area contributed by atoms with Crippen LogP contribution in [-0.4, -0.2) is 17.0 Å². The Bertz CT molecular complexity index is 879. The van der Waals surface area contributed by atoms with Crippen LogP contribution in [0.25, 0.3) is 0 Å². The van der Waals surface area contributed by atoms with Gasteiger partial charge in [-0.25, -0.2) is 5.48 Å². The lowest BCUT2D eigenvalue weighted by Crippen LogP contribution is -2.27. The Kier molecular flexibility index (Phi) is 5.78. The number of carbonyl (C=O) groups excluding carboxylic acids is 2. The zero-order valence-corrected chi connectivity index (χ0v) is 14.7. The van der Waals surface area contributed by atoms with Crippen molar-refractivity contribution >= 4 is 28.8 Å². The average Bonchev–Trinajstić information content (AvgIpc) is 3.16. The smallest absolute Gasteiger partial charge is 0.255 e. The van der Waals surface area contributed by atoms with Crippen molar-refractivity contribution in [3.8, 4) is 0 Å². The van der Waals surface area contributed by atoms with E-state index in [2.05, 4.69) is 5.32 Å². The Hall–Kier alpha value is -2.96. The van der Waals surface area contributed by atoms with Crippen LogP contribution < -0.4 is 10.8 Å². The van der Waals surface area contributed by atoms with Gasteiger partial charge in [0, 0.05) is 10.6 Å². The number of hydrogen-bond acceptors (Lipinski definition) is 4. The van der Waals surface area contributed by atoms with Gasteiger partial charge in [0.2, 0.25) is 5.91 Å². The minimum Gasteiger partial charge on any atom is -0.326 e. The highest BCUT2D eigenvalue weighted by atomic mass is 32.1. The zero-order valence-electron chi connectivity index (χ0n) is 13.9. The van der Waals surface area contributed by atoms with Crippen LogP contribution in [0.2, 0.25) is 0 Å². The summed E-state index contributed by atoms with van der Waals surface area (Å²) in [6, 6.07) is 20.1. The lowest BCUT2D eigenvalue weighted by Gasteiger charge is -2.17. The predicted molar refractivity (Wildman–Crippen MR) is 101 cm³/mol. The van der Waals surface area contributed by atoms with Gasteiger partial charge in [0.05, 0.1) is 12.3 Å². The summed E-state index contributed by atoms with van der Waals surface area (Å²) in [6.07, 6.45) is 0.307. The summed E-state index contributed by atoms with van der Waals surface area (Å²) in [4.78, 5) is 25.4. The molecule has 0 aliphatic rings. The molecule has 1 aromatic heterocycles. The number of hydrogen-bond donors (Lipinski definition) is 3. The molecule has 132 valence electrons. The summed E-state index contributed by atoms with van der Waals surface area (Å²) in [6.45, 7) is 0. The molecule has 0 saturated carbocycles. The van der Waals surface area contributed by atoms with Gasteiger partial charge in [-0.2, -0.15) is 0 Å². The van der Waals surface area contributed by atoms with E-state index in [1.54, 1.807) is 29.7 Å². The van der Waals surface area contributed by atoms with Gasteiger partial charge in [-0.3, -0.25) is 14.8 Å². The molecule has 26 heavy (non-hydrogen) atoms. The second kappa shape index (κ2) is 8.42. The molecule has 0 spiro atoms. The Morgan fingerprint density at radius 1 is 0.962 bits per heavy atom. The molecule has 2 amide bonds. The first-order valence-electron chi connectivity index (χ1n) is 8.08. The van der Waals surface area contributed by atoms with Gasteiger partial charge in [0.25, 0.3) is 5.91 Å². The third-order valence-corrected chi connectivity index (χ3v) is 4.80. The lowest BCUT2D eigenvalue weighted by molar-refractivity contribution is -0.129. The molecule has 0 bridgehead atoms. The number of anilines is 1. The summed E-state index contributed by atoms with van der Waals surface area (Å²) < 4.78 is 0. The van der Waals surface area contributed by atoms with Crippen molar-refractivity contribution in [2.75, 3.05) is 5.32 Å². The molecule has 0 fully saturated rings. The molecule has 0 saturated heterocycles. The van der Waals surface area contributed by atoms with Crippen LogP contribution in [0.1, 0.15) is 21.9 Å². The van der Waals surface area contributed by atoms with Crippen molar-refractivity contribution in [2.45, 2.75) is 12.3 Å². The van der Waals surface area contributed by atoms with Gasteiger partial charge in [-0.05, 0) is 34.7 Å². The molecule has 1 atom stereocenters. The van der Waals surface area contributed by atoms with Crippen LogP contribution in [0, 0.1) is 0 Å². The Balaban J connectivity index is 1.82. The minimum absolute atomic E-state index is 0.118. The van der Waals surface area contributed by atoms with Gasteiger partial charge in [0.15, 0.2) is 0 Å². The van der Waals surface area contributed by atoms with E-state index in [1.807, 2.05) is 47.8 Å². The van der Waals surface area contributed by atoms with Crippen LogP contribution in [0.15, 0.2) is 72.1 Å². The summed E-state index contributed by atoms with van der Waals surface area (Å²) in [5.74, 6) is -1.32. The largest absolute Gasteiger partial charge is 0.326 e. The van der Waals surface area contributed by atoms with Crippen molar-refractivity contribution in [2.24, 2.45) is 0 Å². The van der Waals surface area contributed by atoms with E-state index in [9.17, 15) is 9.59 Å². The quantitative estimate of drug-likeness (QED) is 0.461. The van der Waals surface area contributed by atoms with E-state index in [0.29, 0.717) is 17.7 Å². The van der Waals surface area contributed by atoms with Crippen molar-refractivity contribution in [1.29, 1.82) is 0 Å². The van der Waals surface area contributed by atoms with Gasteiger partial charge in [-0.15, -0.1) is 11.3 Å². The van der Waals surface area contributed by atoms with Crippen molar-refractivity contribution in [3.05, 3.63) is 88.1 Å². The van der Waals surface area contributed by atoms with Crippen LogP contribution in [-0.2, 0) is 16.0 Å².